The number of ketones is 1. The highest BCUT2D eigenvalue weighted by atomic mass is 16.1. The third-order valence-electron chi connectivity index (χ3n) is 11.0. The lowest BCUT2D eigenvalue weighted by molar-refractivity contribution is 0.103. The Bertz CT molecular complexity index is 2990. The summed E-state index contributed by atoms with van der Waals surface area (Å²) >= 11 is 0. The van der Waals surface area contributed by atoms with Crippen molar-refractivity contribution in [1.82, 2.24) is 24.9 Å². The minimum absolute atomic E-state index is 0.0332. The Morgan fingerprint density at radius 1 is 0.491 bits per heavy atom. The Balaban J connectivity index is 1.04. The largest absolute Gasteiger partial charge is 0.285 e. The highest BCUT2D eigenvalue weighted by Gasteiger charge is 2.30. The molecule has 0 radical (unpaired) electrons. The van der Waals surface area contributed by atoms with Gasteiger partial charge in [-0.15, -0.1) is 0 Å². The zero-order valence-corrected chi connectivity index (χ0v) is 28.5. The van der Waals surface area contributed by atoms with E-state index in [4.69, 9.17) is 19.9 Å². The van der Waals surface area contributed by atoms with Crippen LogP contribution in [0, 0.1) is 0 Å². The number of aromatic nitrogens is 5. The summed E-state index contributed by atoms with van der Waals surface area (Å²) in [5.74, 6) is 0.728. The van der Waals surface area contributed by atoms with E-state index in [-0.39, 0.29) is 11.7 Å². The van der Waals surface area contributed by atoms with Gasteiger partial charge in [-0.3, -0.25) is 14.8 Å². The topological polar surface area (TPSA) is 81.5 Å². The lowest BCUT2D eigenvalue weighted by atomic mass is 9.88. The number of nitrogens with zero attached hydrogens (tertiary/aromatic N) is 5. The Hall–Kier alpha value is -6.92. The number of para-hydroxylation sites is 1. The smallest absolute Gasteiger partial charge is 0.231 e. The number of carbonyl (C=O) groups is 1. The first-order valence-corrected chi connectivity index (χ1v) is 18.0. The van der Waals surface area contributed by atoms with E-state index in [1.165, 1.54) is 22.3 Å². The van der Waals surface area contributed by atoms with E-state index in [2.05, 4.69) is 108 Å². The van der Waals surface area contributed by atoms with Gasteiger partial charge < -0.3 is 0 Å². The summed E-state index contributed by atoms with van der Waals surface area (Å²) in [6.45, 7) is 0. The average Bonchev–Trinajstić information content (AvgIpc) is 3.39. The van der Waals surface area contributed by atoms with E-state index in [0.717, 1.165) is 84.9 Å². The van der Waals surface area contributed by atoms with Crippen LogP contribution in [-0.2, 0) is 6.42 Å². The SMILES string of the molecule is O=C1c2ncccc2-c2nccc3c2c1nc1ccc(-c2ccc4c(c2)-c2ccccc2C(c2nc(-c5ccccc5)c5ccccc5n2)CC4)cc13. The lowest BCUT2D eigenvalue weighted by Crippen LogP contribution is -2.14. The van der Waals surface area contributed by atoms with Gasteiger partial charge in [0.1, 0.15) is 17.2 Å². The van der Waals surface area contributed by atoms with Crippen LogP contribution in [0.15, 0.2) is 146 Å². The van der Waals surface area contributed by atoms with E-state index in [1.807, 2.05) is 36.5 Å². The first kappa shape index (κ1) is 29.8. The maximum Gasteiger partial charge on any atom is 0.231 e. The molecule has 0 saturated heterocycles. The zero-order valence-electron chi connectivity index (χ0n) is 28.5. The predicted octanol–water partition coefficient (Wildman–Crippen LogP) is 10.4. The molecule has 2 aliphatic rings. The molecule has 2 aliphatic carbocycles. The number of hydrogen-bond acceptors (Lipinski definition) is 6. The second-order valence-electron chi connectivity index (χ2n) is 13.9. The van der Waals surface area contributed by atoms with Gasteiger partial charge in [0.05, 0.1) is 22.4 Å². The van der Waals surface area contributed by atoms with Crippen LogP contribution in [0.1, 0.15) is 45.5 Å². The van der Waals surface area contributed by atoms with Gasteiger partial charge in [-0.2, -0.15) is 0 Å². The first-order chi connectivity index (χ1) is 26.2. The fraction of sp³-hybridized carbons (Fsp3) is 0.0638. The fourth-order valence-electron chi connectivity index (χ4n) is 8.45. The van der Waals surface area contributed by atoms with Gasteiger partial charge in [0.25, 0.3) is 0 Å². The molecular formula is C47H29N5O. The standard InChI is InChI=1S/C47H29N5O/c53-46-44-36(14-8-23-48-44)43-41-33(22-24-49-43)38-26-30(19-21-40(38)50-45(41)46)29-17-16-27-18-20-34(31-11-4-5-12-32(31)37(27)25-29)47-51-39-15-7-6-13-35(39)42(52-47)28-9-2-1-3-10-28/h1-17,19,21-26,34H,18,20H2. The predicted molar refractivity (Wildman–Crippen MR) is 210 cm³/mol. The summed E-state index contributed by atoms with van der Waals surface area (Å²) in [7, 11) is 0. The number of carbonyl (C=O) groups excluding carboxylic acids is 1. The molecule has 0 bridgehead atoms. The van der Waals surface area contributed by atoms with Crippen LogP contribution in [0.25, 0.3) is 77.3 Å². The van der Waals surface area contributed by atoms with E-state index in [1.54, 1.807) is 6.20 Å². The monoisotopic (exact) mass is 679 g/mol. The third kappa shape index (κ3) is 4.59. The van der Waals surface area contributed by atoms with Crippen LogP contribution >= 0.6 is 0 Å². The lowest BCUT2D eigenvalue weighted by Gasteiger charge is -2.19. The van der Waals surface area contributed by atoms with E-state index in [0.29, 0.717) is 11.4 Å². The molecule has 1 atom stereocenters. The normalized spacial score (nSPS) is 14.5. The van der Waals surface area contributed by atoms with Gasteiger partial charge in [-0.1, -0.05) is 91.0 Å². The molecule has 5 aromatic carbocycles. The van der Waals surface area contributed by atoms with Crippen molar-refractivity contribution >= 4 is 38.4 Å². The fourth-order valence-corrected chi connectivity index (χ4v) is 8.45. The Kier molecular flexibility index (Phi) is 6.49. The van der Waals surface area contributed by atoms with Crippen LogP contribution < -0.4 is 0 Å². The Morgan fingerprint density at radius 2 is 1.26 bits per heavy atom. The molecule has 53 heavy (non-hydrogen) atoms. The van der Waals surface area contributed by atoms with E-state index < -0.39 is 0 Å². The van der Waals surface area contributed by atoms with Gasteiger partial charge in [0.15, 0.2) is 0 Å². The number of hydrogen-bond donors (Lipinski definition) is 0. The second-order valence-corrected chi connectivity index (χ2v) is 13.9. The van der Waals surface area contributed by atoms with Crippen LogP contribution in [0.3, 0.4) is 0 Å². The first-order valence-electron chi connectivity index (χ1n) is 18.0. The molecule has 6 heteroatoms. The summed E-state index contributed by atoms with van der Waals surface area (Å²) in [5.41, 5.74) is 13.3. The molecule has 0 amide bonds. The number of benzene rings is 5. The zero-order chi connectivity index (χ0) is 35.0. The molecule has 1 unspecified atom stereocenters. The molecule has 0 fully saturated rings. The minimum Gasteiger partial charge on any atom is -0.285 e. The van der Waals surface area contributed by atoms with Crippen molar-refractivity contribution in [1.29, 1.82) is 0 Å². The van der Waals surface area contributed by atoms with Gasteiger partial charge in [-0.05, 0) is 94.1 Å². The molecule has 11 rings (SSSR count). The van der Waals surface area contributed by atoms with Gasteiger partial charge in [-0.25, -0.2) is 15.0 Å². The molecule has 0 N–H and O–H groups in total. The van der Waals surface area contributed by atoms with Gasteiger partial charge in [0, 0.05) is 45.6 Å². The summed E-state index contributed by atoms with van der Waals surface area (Å²) in [6, 6.07) is 46.4. The third-order valence-corrected chi connectivity index (χ3v) is 11.0. The number of pyridine rings is 3. The Morgan fingerprint density at radius 3 is 2.21 bits per heavy atom. The van der Waals surface area contributed by atoms with Crippen molar-refractivity contribution in [3.8, 4) is 44.8 Å². The highest BCUT2D eigenvalue weighted by Crippen LogP contribution is 2.44. The van der Waals surface area contributed by atoms with Crippen molar-refractivity contribution in [3.63, 3.8) is 0 Å². The van der Waals surface area contributed by atoms with Gasteiger partial charge >= 0.3 is 0 Å². The number of aryl methyl sites for hydroxylation is 1. The van der Waals surface area contributed by atoms with Crippen LogP contribution in [-0.4, -0.2) is 30.7 Å². The molecule has 4 aromatic heterocycles. The molecule has 0 aliphatic heterocycles. The van der Waals surface area contributed by atoms with Crippen molar-refractivity contribution in [2.45, 2.75) is 18.8 Å². The van der Waals surface area contributed by atoms with Crippen LogP contribution in [0.2, 0.25) is 0 Å². The average molecular weight is 680 g/mol. The Labute approximate surface area is 304 Å². The highest BCUT2D eigenvalue weighted by molar-refractivity contribution is 6.27. The van der Waals surface area contributed by atoms with Crippen molar-refractivity contribution in [2.75, 3.05) is 0 Å². The molecule has 4 heterocycles. The van der Waals surface area contributed by atoms with Gasteiger partial charge in [0.2, 0.25) is 5.78 Å². The summed E-state index contributed by atoms with van der Waals surface area (Å²) in [4.78, 5) is 38.1. The minimum atomic E-state index is -0.162. The summed E-state index contributed by atoms with van der Waals surface area (Å²) < 4.78 is 0. The number of fused-ring (bicyclic) bond motifs is 8. The molecule has 0 spiro atoms. The molecular weight excluding hydrogens is 651 g/mol. The van der Waals surface area contributed by atoms with Crippen LogP contribution in [0.4, 0.5) is 0 Å². The van der Waals surface area contributed by atoms with E-state index >= 15 is 0 Å². The van der Waals surface area contributed by atoms with Crippen molar-refractivity contribution < 1.29 is 4.79 Å². The second kappa shape index (κ2) is 11.6. The van der Waals surface area contributed by atoms with E-state index in [9.17, 15) is 4.79 Å². The maximum atomic E-state index is 13.6. The number of rotatable bonds is 3. The summed E-state index contributed by atoms with van der Waals surface area (Å²) in [5, 5.41) is 3.80. The molecule has 248 valence electrons. The molecule has 9 aromatic rings. The maximum absolute atomic E-state index is 13.6. The van der Waals surface area contributed by atoms with Crippen LogP contribution in [0.5, 0.6) is 0 Å². The van der Waals surface area contributed by atoms with Crippen molar-refractivity contribution in [3.05, 3.63) is 174 Å². The van der Waals surface area contributed by atoms with Crippen molar-refractivity contribution in [2.24, 2.45) is 0 Å². The summed E-state index contributed by atoms with van der Waals surface area (Å²) in [6.07, 6.45) is 5.27. The quantitative estimate of drug-likeness (QED) is 0.173. The molecule has 6 nitrogen and oxygen atoms in total. The molecule has 0 saturated carbocycles.